The second-order valence-electron chi connectivity index (χ2n) is 5.75. The van der Waals surface area contributed by atoms with Crippen LogP contribution >= 0.6 is 0 Å². The van der Waals surface area contributed by atoms with Crippen molar-refractivity contribution >= 4 is 29.1 Å². The van der Waals surface area contributed by atoms with Crippen molar-refractivity contribution in [3.8, 4) is 5.75 Å². The minimum atomic E-state index is -0.649. The van der Waals surface area contributed by atoms with Crippen molar-refractivity contribution < 1.29 is 24.0 Å². The van der Waals surface area contributed by atoms with Crippen molar-refractivity contribution in [2.75, 3.05) is 19.0 Å². The molecule has 9 heteroatoms. The zero-order valence-electron chi connectivity index (χ0n) is 14.3. The Bertz CT molecular complexity index is 956. The molecule has 0 aliphatic carbocycles. The number of amides is 3. The number of benzene rings is 2. The fourth-order valence-corrected chi connectivity index (χ4v) is 2.77. The van der Waals surface area contributed by atoms with Gasteiger partial charge in [-0.2, -0.15) is 0 Å². The molecule has 3 amide bonds. The lowest BCUT2D eigenvalue weighted by atomic mass is 10.1. The number of ether oxygens (including phenoxy) is 1. The average molecular weight is 369 g/mol. The zero-order valence-corrected chi connectivity index (χ0v) is 14.3. The number of nitrogens with one attached hydrogen (secondary N) is 1. The molecule has 1 aliphatic heterocycles. The van der Waals surface area contributed by atoms with Crippen LogP contribution in [0.1, 0.15) is 27.1 Å². The van der Waals surface area contributed by atoms with Crippen LogP contribution in [-0.4, -0.2) is 41.2 Å². The van der Waals surface area contributed by atoms with E-state index in [1.165, 1.54) is 19.2 Å². The first kappa shape index (κ1) is 18.1. The van der Waals surface area contributed by atoms with Gasteiger partial charge in [-0.15, -0.1) is 0 Å². The van der Waals surface area contributed by atoms with Gasteiger partial charge < -0.3 is 10.1 Å². The lowest BCUT2D eigenvalue weighted by Gasteiger charge is -2.14. The summed E-state index contributed by atoms with van der Waals surface area (Å²) in [6, 6.07) is 10.3. The fraction of sp³-hybridized carbons (Fsp3) is 0.167. The summed E-state index contributed by atoms with van der Waals surface area (Å²) >= 11 is 0. The summed E-state index contributed by atoms with van der Waals surface area (Å²) in [7, 11) is 1.48. The molecule has 2 aromatic rings. The van der Waals surface area contributed by atoms with Gasteiger partial charge in [0, 0.05) is 25.1 Å². The zero-order chi connectivity index (χ0) is 19.6. The van der Waals surface area contributed by atoms with Crippen LogP contribution in [0.15, 0.2) is 42.5 Å². The van der Waals surface area contributed by atoms with Gasteiger partial charge in [0.25, 0.3) is 17.5 Å². The average Bonchev–Trinajstić information content (AvgIpc) is 2.90. The number of methoxy groups -OCH3 is 1. The Morgan fingerprint density at radius 2 is 1.85 bits per heavy atom. The number of hydrogen-bond donors (Lipinski definition) is 1. The molecule has 0 bridgehead atoms. The van der Waals surface area contributed by atoms with Crippen LogP contribution in [0.3, 0.4) is 0 Å². The van der Waals surface area contributed by atoms with Gasteiger partial charge in [0.2, 0.25) is 5.91 Å². The molecule has 138 valence electrons. The molecule has 1 aliphatic rings. The van der Waals surface area contributed by atoms with Crippen molar-refractivity contribution in [3.63, 3.8) is 0 Å². The summed E-state index contributed by atoms with van der Waals surface area (Å²) in [6.45, 7) is -0.138. The molecule has 27 heavy (non-hydrogen) atoms. The largest absolute Gasteiger partial charge is 0.495 e. The monoisotopic (exact) mass is 369 g/mol. The molecule has 2 aromatic carbocycles. The molecular weight excluding hydrogens is 354 g/mol. The Morgan fingerprint density at radius 3 is 2.56 bits per heavy atom. The molecule has 3 rings (SSSR count). The second-order valence-corrected chi connectivity index (χ2v) is 5.75. The number of hydrogen-bond acceptors (Lipinski definition) is 6. The quantitative estimate of drug-likeness (QED) is 0.474. The molecule has 9 nitrogen and oxygen atoms in total. The first-order valence-corrected chi connectivity index (χ1v) is 8.00. The van der Waals surface area contributed by atoms with E-state index in [-0.39, 0.29) is 29.8 Å². The first-order valence-electron chi connectivity index (χ1n) is 8.00. The van der Waals surface area contributed by atoms with Crippen LogP contribution in [0.5, 0.6) is 5.75 Å². The molecule has 0 fully saturated rings. The van der Waals surface area contributed by atoms with E-state index in [1.807, 2.05) is 0 Å². The second kappa shape index (κ2) is 7.24. The maximum absolute atomic E-state index is 12.4. The molecule has 1 N–H and O–H groups in total. The molecule has 0 atom stereocenters. The topological polar surface area (TPSA) is 119 Å². The minimum Gasteiger partial charge on any atom is -0.495 e. The van der Waals surface area contributed by atoms with Gasteiger partial charge in [0.15, 0.2) is 0 Å². The molecule has 0 unspecified atom stereocenters. The van der Waals surface area contributed by atoms with E-state index in [0.29, 0.717) is 11.4 Å². The van der Waals surface area contributed by atoms with Gasteiger partial charge in [-0.25, -0.2) is 0 Å². The molecule has 0 aromatic heterocycles. The number of rotatable bonds is 6. The number of carbonyl (C=O) groups is 3. The van der Waals surface area contributed by atoms with E-state index < -0.39 is 22.6 Å². The smallest absolute Gasteiger partial charge is 0.270 e. The number of nitrogens with zero attached hydrogens (tertiary/aromatic N) is 2. The third-order valence-electron chi connectivity index (χ3n) is 4.11. The fourth-order valence-electron chi connectivity index (χ4n) is 2.77. The lowest BCUT2D eigenvalue weighted by Crippen LogP contribution is -2.32. The summed E-state index contributed by atoms with van der Waals surface area (Å²) in [5, 5.41) is 13.5. The highest BCUT2D eigenvalue weighted by Gasteiger charge is 2.36. The number of nitro benzene ring substituents is 1. The number of fused-ring (bicyclic) bond motifs is 1. The summed E-state index contributed by atoms with van der Waals surface area (Å²) in [4.78, 5) is 48.0. The van der Waals surface area contributed by atoms with E-state index >= 15 is 0 Å². The molecular formula is C18H15N3O6. The maximum Gasteiger partial charge on any atom is 0.270 e. The number of carbonyl (C=O) groups excluding carboxylic acids is 3. The Hall–Kier alpha value is -3.75. The lowest BCUT2D eigenvalue weighted by molar-refractivity contribution is -0.384. The molecule has 1 heterocycles. The van der Waals surface area contributed by atoms with Crippen molar-refractivity contribution in [1.29, 1.82) is 0 Å². The molecule has 0 saturated carbocycles. The number of anilines is 1. The normalized spacial score (nSPS) is 12.7. The summed E-state index contributed by atoms with van der Waals surface area (Å²) in [5.41, 5.74) is 0.267. The number of non-ortho nitro benzene ring substituents is 1. The summed E-state index contributed by atoms with van der Waals surface area (Å²) < 4.78 is 5.14. The third-order valence-corrected chi connectivity index (χ3v) is 4.11. The van der Waals surface area contributed by atoms with Crippen molar-refractivity contribution in [2.24, 2.45) is 0 Å². The van der Waals surface area contributed by atoms with E-state index in [2.05, 4.69) is 5.32 Å². The Kier molecular flexibility index (Phi) is 4.84. The Morgan fingerprint density at radius 1 is 1.15 bits per heavy atom. The van der Waals surface area contributed by atoms with Crippen LogP contribution in [-0.2, 0) is 4.79 Å². The first-order chi connectivity index (χ1) is 12.9. The van der Waals surface area contributed by atoms with Gasteiger partial charge in [-0.1, -0.05) is 12.1 Å². The van der Waals surface area contributed by atoms with Gasteiger partial charge >= 0.3 is 0 Å². The van der Waals surface area contributed by atoms with E-state index in [4.69, 9.17) is 4.74 Å². The van der Waals surface area contributed by atoms with Crippen LogP contribution in [0.2, 0.25) is 0 Å². The van der Waals surface area contributed by atoms with Crippen molar-refractivity contribution in [3.05, 3.63) is 63.7 Å². The SMILES string of the molecule is COc1ccccc1NC(=O)CCN1C(=O)c2ccc([N+](=O)[O-])cc2C1=O. The standard InChI is InChI=1S/C18H15N3O6/c1-27-15-5-3-2-4-14(15)19-16(22)8-9-20-17(23)12-7-6-11(21(25)26)10-13(12)18(20)24/h2-7,10H,8-9H2,1H3,(H,19,22). The van der Waals surface area contributed by atoms with E-state index in [9.17, 15) is 24.5 Å². The van der Waals surface area contributed by atoms with Crippen LogP contribution in [0.4, 0.5) is 11.4 Å². The number of para-hydroxylation sites is 2. The number of imide groups is 1. The summed E-state index contributed by atoms with van der Waals surface area (Å²) in [6.07, 6.45) is -0.119. The van der Waals surface area contributed by atoms with Gasteiger partial charge in [0.05, 0.1) is 28.8 Å². The van der Waals surface area contributed by atoms with Gasteiger partial charge in [-0.3, -0.25) is 29.4 Å². The van der Waals surface area contributed by atoms with E-state index in [1.54, 1.807) is 24.3 Å². The predicted molar refractivity (Wildman–Crippen MR) is 94.7 cm³/mol. The van der Waals surface area contributed by atoms with Crippen molar-refractivity contribution in [1.82, 2.24) is 4.90 Å². The highest BCUT2D eigenvalue weighted by molar-refractivity contribution is 6.21. The van der Waals surface area contributed by atoms with Crippen molar-refractivity contribution in [2.45, 2.75) is 6.42 Å². The highest BCUT2D eigenvalue weighted by atomic mass is 16.6. The Labute approximate surface area is 153 Å². The third kappa shape index (κ3) is 3.47. The van der Waals surface area contributed by atoms with Gasteiger partial charge in [-0.05, 0) is 18.2 Å². The Balaban J connectivity index is 1.68. The summed E-state index contributed by atoms with van der Waals surface area (Å²) in [5.74, 6) is -1.14. The van der Waals surface area contributed by atoms with Gasteiger partial charge in [0.1, 0.15) is 5.75 Å². The predicted octanol–water partition coefficient (Wildman–Crippen LogP) is 2.23. The minimum absolute atomic E-state index is 0.0284. The molecule has 0 radical (unpaired) electrons. The maximum atomic E-state index is 12.4. The number of nitro groups is 1. The van der Waals surface area contributed by atoms with E-state index in [0.717, 1.165) is 11.0 Å². The molecule has 0 saturated heterocycles. The van der Waals surface area contributed by atoms with Crippen LogP contribution in [0, 0.1) is 10.1 Å². The highest BCUT2D eigenvalue weighted by Crippen LogP contribution is 2.27. The van der Waals surface area contributed by atoms with Crippen LogP contribution in [0.25, 0.3) is 0 Å². The van der Waals surface area contributed by atoms with Crippen LogP contribution < -0.4 is 10.1 Å². The molecule has 0 spiro atoms.